The van der Waals surface area contributed by atoms with Crippen LogP contribution >= 0.6 is 0 Å². The molecule has 0 unspecified atom stereocenters. The van der Waals surface area contributed by atoms with Crippen LogP contribution in [0.3, 0.4) is 0 Å². The Morgan fingerprint density at radius 1 is 1.46 bits per heavy atom. The molecule has 0 saturated heterocycles. The van der Waals surface area contributed by atoms with Crippen molar-refractivity contribution in [2.24, 2.45) is 0 Å². The van der Waals surface area contributed by atoms with Gasteiger partial charge >= 0.3 is 0 Å². The summed E-state index contributed by atoms with van der Waals surface area (Å²) in [5, 5.41) is 3.00. The van der Waals surface area contributed by atoms with Crippen LogP contribution in [0.5, 0.6) is 0 Å². The van der Waals surface area contributed by atoms with E-state index in [1.807, 2.05) is 0 Å². The van der Waals surface area contributed by atoms with Gasteiger partial charge in [0.15, 0.2) is 0 Å². The molecular formula is C8H15NO3S. The fourth-order valence-corrected chi connectivity index (χ4v) is 1.70. The first kappa shape index (κ1) is 10.5. The number of hydrogen-bond donors (Lipinski definition) is 2. The summed E-state index contributed by atoms with van der Waals surface area (Å²) in [7, 11) is -3.81. The SMILES string of the molecule is O=S(=O)(O)CCNC1=CCCCC1. The van der Waals surface area contributed by atoms with Crippen molar-refractivity contribution in [3.8, 4) is 0 Å². The maximum atomic E-state index is 10.4. The van der Waals surface area contributed by atoms with E-state index in [1.54, 1.807) is 0 Å². The van der Waals surface area contributed by atoms with Crippen LogP contribution in [0.2, 0.25) is 0 Å². The third-order valence-electron chi connectivity index (χ3n) is 2.00. The van der Waals surface area contributed by atoms with E-state index in [9.17, 15) is 8.42 Å². The second kappa shape index (κ2) is 4.62. The molecule has 1 aliphatic carbocycles. The average molecular weight is 205 g/mol. The molecule has 76 valence electrons. The van der Waals surface area contributed by atoms with Gasteiger partial charge in [0.2, 0.25) is 0 Å². The van der Waals surface area contributed by atoms with Crippen LogP contribution in [0.15, 0.2) is 11.8 Å². The first-order valence-electron chi connectivity index (χ1n) is 4.46. The Morgan fingerprint density at radius 3 is 2.77 bits per heavy atom. The van der Waals surface area contributed by atoms with Crippen LogP contribution in [-0.2, 0) is 10.1 Å². The van der Waals surface area contributed by atoms with Gasteiger partial charge in [-0.1, -0.05) is 6.08 Å². The van der Waals surface area contributed by atoms with E-state index in [2.05, 4.69) is 11.4 Å². The summed E-state index contributed by atoms with van der Waals surface area (Å²) in [5.41, 5.74) is 1.11. The van der Waals surface area contributed by atoms with Gasteiger partial charge in [0, 0.05) is 12.2 Å². The van der Waals surface area contributed by atoms with Gasteiger partial charge in [0.1, 0.15) is 0 Å². The molecule has 0 saturated carbocycles. The molecule has 4 nitrogen and oxygen atoms in total. The summed E-state index contributed by atoms with van der Waals surface area (Å²) >= 11 is 0. The van der Waals surface area contributed by atoms with Gasteiger partial charge in [0.25, 0.3) is 10.1 Å². The van der Waals surface area contributed by atoms with Crippen molar-refractivity contribution >= 4 is 10.1 Å². The van der Waals surface area contributed by atoms with Crippen LogP contribution in [0.1, 0.15) is 25.7 Å². The maximum Gasteiger partial charge on any atom is 0.266 e. The number of rotatable bonds is 4. The minimum Gasteiger partial charge on any atom is -0.387 e. The summed E-state index contributed by atoms with van der Waals surface area (Å²) in [6.07, 6.45) is 6.52. The Kier molecular flexibility index (Phi) is 3.74. The topological polar surface area (TPSA) is 66.4 Å². The van der Waals surface area contributed by atoms with E-state index < -0.39 is 10.1 Å². The van der Waals surface area contributed by atoms with Gasteiger partial charge in [0.05, 0.1) is 5.75 Å². The van der Waals surface area contributed by atoms with Gasteiger partial charge in [-0.3, -0.25) is 4.55 Å². The number of hydrogen-bond acceptors (Lipinski definition) is 3. The van der Waals surface area contributed by atoms with Crippen molar-refractivity contribution in [1.29, 1.82) is 0 Å². The van der Waals surface area contributed by atoms with Crippen molar-refractivity contribution in [1.82, 2.24) is 5.32 Å². The Labute approximate surface area is 78.8 Å². The van der Waals surface area contributed by atoms with Crippen molar-refractivity contribution in [2.75, 3.05) is 12.3 Å². The minimum atomic E-state index is -3.81. The lowest BCUT2D eigenvalue weighted by Crippen LogP contribution is -2.22. The molecule has 0 spiro atoms. The molecular weight excluding hydrogens is 190 g/mol. The summed E-state index contributed by atoms with van der Waals surface area (Å²) in [5.74, 6) is -0.218. The lowest BCUT2D eigenvalue weighted by molar-refractivity contribution is 0.481. The van der Waals surface area contributed by atoms with Crippen molar-refractivity contribution in [3.63, 3.8) is 0 Å². The van der Waals surface area contributed by atoms with Gasteiger partial charge in [-0.05, 0) is 25.7 Å². The molecule has 13 heavy (non-hydrogen) atoms. The molecule has 0 atom stereocenters. The lowest BCUT2D eigenvalue weighted by Gasteiger charge is -2.14. The molecule has 0 amide bonds. The molecule has 0 aromatic rings. The summed E-state index contributed by atoms with van der Waals surface area (Å²) in [4.78, 5) is 0. The van der Waals surface area contributed by atoms with E-state index in [4.69, 9.17) is 4.55 Å². The van der Waals surface area contributed by atoms with Crippen LogP contribution < -0.4 is 5.32 Å². The molecule has 0 aromatic carbocycles. The quantitative estimate of drug-likeness (QED) is 0.670. The van der Waals surface area contributed by atoms with Crippen LogP contribution in [0, 0.1) is 0 Å². The van der Waals surface area contributed by atoms with Gasteiger partial charge < -0.3 is 5.32 Å². The Bertz CT molecular complexity index is 282. The van der Waals surface area contributed by atoms with Gasteiger partial charge in [-0.2, -0.15) is 8.42 Å². The van der Waals surface area contributed by atoms with Gasteiger partial charge in [-0.15, -0.1) is 0 Å². The van der Waals surface area contributed by atoms with E-state index in [1.165, 1.54) is 6.42 Å². The van der Waals surface area contributed by atoms with Crippen molar-refractivity contribution < 1.29 is 13.0 Å². The van der Waals surface area contributed by atoms with Crippen molar-refractivity contribution in [2.45, 2.75) is 25.7 Å². The molecule has 1 aliphatic rings. The number of nitrogens with one attached hydrogen (secondary N) is 1. The van der Waals surface area contributed by atoms with Crippen molar-refractivity contribution in [3.05, 3.63) is 11.8 Å². The zero-order chi connectivity index (χ0) is 9.73. The summed E-state index contributed by atoms with van der Waals surface area (Å²) in [6.45, 7) is 0.296. The molecule has 0 fully saturated rings. The highest BCUT2D eigenvalue weighted by Crippen LogP contribution is 2.14. The van der Waals surface area contributed by atoms with E-state index >= 15 is 0 Å². The zero-order valence-electron chi connectivity index (χ0n) is 7.49. The highest BCUT2D eigenvalue weighted by atomic mass is 32.2. The van der Waals surface area contributed by atoms with Crippen LogP contribution in [0.25, 0.3) is 0 Å². The lowest BCUT2D eigenvalue weighted by atomic mass is 10.1. The first-order valence-corrected chi connectivity index (χ1v) is 6.07. The summed E-state index contributed by atoms with van der Waals surface area (Å²) in [6, 6.07) is 0. The molecule has 0 radical (unpaired) electrons. The third kappa shape index (κ3) is 4.90. The van der Waals surface area contributed by atoms with E-state index in [0.717, 1.165) is 25.0 Å². The second-order valence-corrected chi connectivity index (χ2v) is 4.76. The fourth-order valence-electron chi connectivity index (χ4n) is 1.34. The Morgan fingerprint density at radius 2 is 2.23 bits per heavy atom. The molecule has 0 bridgehead atoms. The zero-order valence-corrected chi connectivity index (χ0v) is 8.31. The highest BCUT2D eigenvalue weighted by Gasteiger charge is 2.06. The third-order valence-corrected chi connectivity index (χ3v) is 2.72. The predicted octanol–water partition coefficient (Wildman–Crippen LogP) is 0.922. The second-order valence-electron chi connectivity index (χ2n) is 3.19. The Balaban J connectivity index is 2.22. The molecule has 0 aromatic heterocycles. The van der Waals surface area contributed by atoms with Crippen LogP contribution in [-0.4, -0.2) is 25.3 Å². The van der Waals surface area contributed by atoms with Crippen LogP contribution in [0.4, 0.5) is 0 Å². The average Bonchev–Trinajstić information content (AvgIpc) is 2.04. The highest BCUT2D eigenvalue weighted by molar-refractivity contribution is 7.85. The monoisotopic (exact) mass is 205 g/mol. The molecule has 5 heteroatoms. The normalized spacial score (nSPS) is 18.1. The standard InChI is InChI=1S/C8H15NO3S/c10-13(11,12)7-6-9-8-4-2-1-3-5-8/h4,9H,1-3,5-7H2,(H,10,11,12). The first-order chi connectivity index (χ1) is 6.08. The Hall–Kier alpha value is -0.550. The fraction of sp³-hybridized carbons (Fsp3) is 0.750. The molecule has 0 aliphatic heterocycles. The molecule has 1 rings (SSSR count). The van der Waals surface area contributed by atoms with E-state index in [-0.39, 0.29) is 5.75 Å². The largest absolute Gasteiger partial charge is 0.387 e. The summed E-state index contributed by atoms with van der Waals surface area (Å²) < 4.78 is 29.2. The molecule has 2 N–H and O–H groups in total. The van der Waals surface area contributed by atoms with Gasteiger partial charge in [-0.25, -0.2) is 0 Å². The predicted molar refractivity (Wildman–Crippen MR) is 51.0 cm³/mol. The minimum absolute atomic E-state index is 0.218. The number of allylic oxidation sites excluding steroid dienone is 2. The van der Waals surface area contributed by atoms with E-state index in [0.29, 0.717) is 6.54 Å². The smallest absolute Gasteiger partial charge is 0.266 e. The molecule has 0 heterocycles. The maximum absolute atomic E-state index is 10.4.